The molecule has 1 saturated heterocycles. The van der Waals surface area contributed by atoms with Crippen LogP contribution in [0.25, 0.3) is 0 Å². The number of hydrogen-bond donors (Lipinski definition) is 4. The Hall–Kier alpha value is -2.65. The fraction of sp³-hybridized carbons (Fsp3) is 0.278. The number of hydrazone groups is 1. The average Bonchev–Trinajstić information content (AvgIpc) is 2.98. The highest BCUT2D eigenvalue weighted by Gasteiger charge is 2.45. The predicted octanol–water partition coefficient (Wildman–Crippen LogP) is 1.68. The maximum Gasteiger partial charge on any atom is 0.202 e. The smallest absolute Gasteiger partial charge is 0.202 e. The first-order chi connectivity index (χ1) is 12.7. The van der Waals surface area contributed by atoms with Crippen LogP contribution in [0.1, 0.15) is 0 Å². The zero-order valence-corrected chi connectivity index (χ0v) is 13.9. The minimum atomic E-state index is -1.28. The predicted molar refractivity (Wildman–Crippen MR) is 96.2 cm³/mol. The highest BCUT2D eigenvalue weighted by Crippen LogP contribution is 2.24. The second-order valence-electron chi connectivity index (χ2n) is 5.74. The molecule has 8 nitrogen and oxygen atoms in total. The summed E-state index contributed by atoms with van der Waals surface area (Å²) in [5, 5.41) is 41.8. The van der Waals surface area contributed by atoms with Crippen molar-refractivity contribution >= 4 is 17.2 Å². The summed E-state index contributed by atoms with van der Waals surface area (Å²) in [6.07, 6.45) is -4.45. The molecule has 136 valence electrons. The van der Waals surface area contributed by atoms with E-state index < -0.39 is 31.0 Å². The first-order valence-corrected chi connectivity index (χ1v) is 8.17. The minimum Gasteiger partial charge on any atom is -0.394 e. The first kappa shape index (κ1) is 18.2. The van der Waals surface area contributed by atoms with E-state index in [2.05, 4.69) is 20.8 Å². The van der Waals surface area contributed by atoms with Crippen LogP contribution >= 0.6 is 0 Å². The Labute approximate surface area is 150 Å². The molecule has 1 fully saturated rings. The van der Waals surface area contributed by atoms with Crippen molar-refractivity contribution in [3.63, 3.8) is 0 Å². The van der Waals surface area contributed by atoms with Gasteiger partial charge in [0, 0.05) is 0 Å². The standard InChI is InChI=1S/C18H20N4O4/c23-11-14-15(24)16(25)17(26-14)18(21-19-12-7-3-1-4-8-12)22-20-13-9-5-2-6-10-13/h1-10,14-17,19,23-25H,11H2. The third-order valence-corrected chi connectivity index (χ3v) is 3.89. The third-order valence-electron chi connectivity index (χ3n) is 3.89. The molecule has 0 saturated carbocycles. The van der Waals surface area contributed by atoms with E-state index in [0.717, 1.165) is 0 Å². The number of benzene rings is 2. The fourth-order valence-electron chi connectivity index (χ4n) is 2.49. The van der Waals surface area contributed by atoms with Crippen molar-refractivity contribution in [3.05, 3.63) is 60.7 Å². The van der Waals surface area contributed by atoms with E-state index in [1.807, 2.05) is 48.5 Å². The molecular weight excluding hydrogens is 336 g/mol. The Bertz CT molecular complexity index is 754. The van der Waals surface area contributed by atoms with Crippen LogP contribution in [0.5, 0.6) is 0 Å². The molecule has 4 atom stereocenters. The molecular formula is C18H20N4O4. The molecule has 1 aliphatic heterocycles. The lowest BCUT2D eigenvalue weighted by molar-refractivity contribution is -0.0101. The van der Waals surface area contributed by atoms with Gasteiger partial charge in [0.05, 0.1) is 18.0 Å². The zero-order chi connectivity index (χ0) is 18.4. The number of aliphatic hydroxyl groups is 3. The summed E-state index contributed by atoms with van der Waals surface area (Å²) in [5.74, 6) is 0.0557. The van der Waals surface area contributed by atoms with E-state index in [0.29, 0.717) is 11.4 Å². The van der Waals surface area contributed by atoms with Gasteiger partial charge < -0.3 is 20.1 Å². The lowest BCUT2D eigenvalue weighted by atomic mass is 10.1. The number of para-hydroxylation sites is 1. The second-order valence-corrected chi connectivity index (χ2v) is 5.74. The lowest BCUT2D eigenvalue weighted by Crippen LogP contribution is -2.36. The van der Waals surface area contributed by atoms with Crippen LogP contribution in [0.4, 0.5) is 11.4 Å². The molecule has 0 aromatic heterocycles. The number of nitrogens with zero attached hydrogens (tertiary/aromatic N) is 3. The molecule has 1 heterocycles. The molecule has 8 heteroatoms. The normalized spacial score (nSPS) is 26.3. The summed E-state index contributed by atoms with van der Waals surface area (Å²) in [5.41, 5.74) is 4.14. The van der Waals surface area contributed by atoms with Gasteiger partial charge in [0.15, 0.2) is 0 Å². The number of nitrogens with one attached hydrogen (secondary N) is 1. The SMILES string of the molecule is OCC1OC(C(N=Nc2ccccc2)=NNc2ccccc2)C(O)C1O. The molecule has 3 rings (SSSR count). The van der Waals surface area contributed by atoms with Crippen molar-refractivity contribution in [1.82, 2.24) is 0 Å². The summed E-state index contributed by atoms with van der Waals surface area (Å²) in [4.78, 5) is 0. The largest absolute Gasteiger partial charge is 0.394 e. The maximum absolute atomic E-state index is 10.2. The molecule has 26 heavy (non-hydrogen) atoms. The molecule has 0 radical (unpaired) electrons. The number of rotatable bonds is 5. The van der Waals surface area contributed by atoms with Gasteiger partial charge in [0.25, 0.3) is 0 Å². The Kier molecular flexibility index (Phi) is 6.03. The highest BCUT2D eigenvalue weighted by molar-refractivity contribution is 5.88. The van der Waals surface area contributed by atoms with E-state index in [1.165, 1.54) is 0 Å². The minimum absolute atomic E-state index is 0.0557. The number of amidine groups is 1. The van der Waals surface area contributed by atoms with Crippen LogP contribution in [-0.2, 0) is 4.74 Å². The zero-order valence-electron chi connectivity index (χ0n) is 13.9. The third kappa shape index (κ3) is 4.30. The van der Waals surface area contributed by atoms with Gasteiger partial charge in [-0.05, 0) is 24.3 Å². The van der Waals surface area contributed by atoms with Gasteiger partial charge in [-0.3, -0.25) is 5.43 Å². The topological polar surface area (TPSA) is 119 Å². The van der Waals surface area contributed by atoms with Crippen molar-refractivity contribution in [3.8, 4) is 0 Å². The van der Waals surface area contributed by atoms with E-state index in [1.54, 1.807) is 12.1 Å². The van der Waals surface area contributed by atoms with Crippen LogP contribution in [-0.4, -0.2) is 52.2 Å². The van der Waals surface area contributed by atoms with Crippen molar-refractivity contribution < 1.29 is 20.1 Å². The van der Waals surface area contributed by atoms with Gasteiger partial charge in [-0.25, -0.2) is 0 Å². The van der Waals surface area contributed by atoms with Crippen LogP contribution in [0.2, 0.25) is 0 Å². The summed E-state index contributed by atoms with van der Waals surface area (Å²) in [6, 6.07) is 18.2. The number of anilines is 1. The van der Waals surface area contributed by atoms with Crippen LogP contribution < -0.4 is 5.43 Å². The van der Waals surface area contributed by atoms with Gasteiger partial charge in [0.2, 0.25) is 5.84 Å². The monoisotopic (exact) mass is 356 g/mol. The Morgan fingerprint density at radius 2 is 1.62 bits per heavy atom. The number of aliphatic hydroxyl groups excluding tert-OH is 3. The number of ether oxygens (including phenoxy) is 1. The van der Waals surface area contributed by atoms with Gasteiger partial charge in [0.1, 0.15) is 24.4 Å². The summed E-state index contributed by atoms with van der Waals surface area (Å²) in [7, 11) is 0. The van der Waals surface area contributed by atoms with Crippen LogP contribution in [0.3, 0.4) is 0 Å². The van der Waals surface area contributed by atoms with Crippen molar-refractivity contribution in [2.24, 2.45) is 15.3 Å². The Balaban J connectivity index is 1.85. The Morgan fingerprint density at radius 1 is 0.962 bits per heavy atom. The molecule has 0 bridgehead atoms. The average molecular weight is 356 g/mol. The van der Waals surface area contributed by atoms with Crippen LogP contribution in [0.15, 0.2) is 76.0 Å². The first-order valence-electron chi connectivity index (χ1n) is 8.17. The van der Waals surface area contributed by atoms with Crippen molar-refractivity contribution in [2.45, 2.75) is 24.4 Å². The molecule has 1 aliphatic rings. The summed E-state index contributed by atoms with van der Waals surface area (Å²) < 4.78 is 5.50. The van der Waals surface area contributed by atoms with E-state index in [9.17, 15) is 15.3 Å². The van der Waals surface area contributed by atoms with Gasteiger partial charge in [-0.15, -0.1) is 10.2 Å². The molecule has 0 aliphatic carbocycles. The molecule has 4 N–H and O–H groups in total. The molecule has 0 spiro atoms. The number of azo groups is 1. The summed E-state index contributed by atoms with van der Waals surface area (Å²) in [6.45, 7) is -0.427. The maximum atomic E-state index is 10.2. The van der Waals surface area contributed by atoms with Gasteiger partial charge >= 0.3 is 0 Å². The number of hydrogen-bond acceptors (Lipinski definition) is 7. The van der Waals surface area contributed by atoms with E-state index >= 15 is 0 Å². The lowest BCUT2D eigenvalue weighted by Gasteiger charge is -2.13. The highest BCUT2D eigenvalue weighted by atomic mass is 16.6. The molecule has 0 amide bonds. The molecule has 2 aromatic carbocycles. The van der Waals surface area contributed by atoms with Gasteiger partial charge in [-0.2, -0.15) is 5.10 Å². The fourth-order valence-corrected chi connectivity index (χ4v) is 2.49. The van der Waals surface area contributed by atoms with Gasteiger partial charge in [-0.1, -0.05) is 36.4 Å². The second kappa shape index (κ2) is 8.63. The van der Waals surface area contributed by atoms with Crippen molar-refractivity contribution in [2.75, 3.05) is 12.0 Å². The molecule has 2 aromatic rings. The quantitative estimate of drug-likeness (QED) is 0.281. The van der Waals surface area contributed by atoms with Crippen LogP contribution in [0, 0.1) is 0 Å². The summed E-state index contributed by atoms with van der Waals surface area (Å²) >= 11 is 0. The Morgan fingerprint density at radius 3 is 2.23 bits per heavy atom. The van der Waals surface area contributed by atoms with E-state index in [4.69, 9.17) is 4.74 Å². The molecule has 4 unspecified atom stereocenters. The van der Waals surface area contributed by atoms with E-state index in [-0.39, 0.29) is 5.84 Å². The van der Waals surface area contributed by atoms with Crippen molar-refractivity contribution in [1.29, 1.82) is 0 Å².